The van der Waals surface area contributed by atoms with E-state index >= 15 is 0 Å². The Morgan fingerprint density at radius 3 is 2.88 bits per heavy atom. The Bertz CT molecular complexity index is 617. The highest BCUT2D eigenvalue weighted by Crippen LogP contribution is 2.27. The van der Waals surface area contributed by atoms with E-state index in [2.05, 4.69) is 22.7 Å². The number of nitrogens with two attached hydrogens (primary N) is 1. The van der Waals surface area contributed by atoms with E-state index in [0.717, 1.165) is 5.56 Å². The maximum atomic E-state index is 12.1. The highest BCUT2D eigenvalue weighted by atomic mass is 32.1. The Hall–Kier alpha value is -2.39. The maximum absolute atomic E-state index is 12.1. The predicted molar refractivity (Wildman–Crippen MR) is 93.4 cm³/mol. The number of rotatable bonds is 6. The van der Waals surface area contributed by atoms with Gasteiger partial charge in [-0.15, -0.1) is 0 Å². The van der Waals surface area contributed by atoms with Crippen LogP contribution in [0.25, 0.3) is 0 Å². The van der Waals surface area contributed by atoms with Crippen molar-refractivity contribution in [3.05, 3.63) is 23.8 Å². The molecule has 8 nitrogen and oxygen atoms in total. The predicted octanol–water partition coefficient (Wildman–Crippen LogP) is 0.0999. The second-order valence-corrected chi connectivity index (χ2v) is 5.37. The minimum absolute atomic E-state index is 0.0488. The van der Waals surface area contributed by atoms with Crippen LogP contribution in [0.5, 0.6) is 11.5 Å². The first-order valence-electron chi connectivity index (χ1n) is 7.35. The van der Waals surface area contributed by atoms with Gasteiger partial charge >= 0.3 is 0 Å². The molecule has 0 aromatic heterocycles. The van der Waals surface area contributed by atoms with Gasteiger partial charge in [0, 0.05) is 13.1 Å². The maximum Gasteiger partial charge on any atom is 0.260 e. The van der Waals surface area contributed by atoms with Gasteiger partial charge in [0.1, 0.15) is 0 Å². The van der Waals surface area contributed by atoms with Crippen LogP contribution in [-0.4, -0.2) is 62.2 Å². The molecule has 1 heterocycles. The summed E-state index contributed by atoms with van der Waals surface area (Å²) >= 11 is 4.66. The Kier molecular flexibility index (Phi) is 6.76. The van der Waals surface area contributed by atoms with Crippen LogP contribution in [0, 0.1) is 0 Å². The minimum Gasteiger partial charge on any atom is -0.493 e. The highest BCUT2D eigenvalue weighted by Gasteiger charge is 2.17. The van der Waals surface area contributed by atoms with E-state index in [1.54, 1.807) is 29.3 Å². The molecule has 1 amide bonds. The van der Waals surface area contributed by atoms with Crippen LogP contribution >= 0.6 is 12.2 Å². The summed E-state index contributed by atoms with van der Waals surface area (Å²) in [4.78, 5) is 13.8. The van der Waals surface area contributed by atoms with Gasteiger partial charge < -0.3 is 24.8 Å². The largest absolute Gasteiger partial charge is 0.493 e. The van der Waals surface area contributed by atoms with E-state index in [0.29, 0.717) is 37.8 Å². The number of hydrogen-bond donors (Lipinski definition) is 2. The molecule has 1 aliphatic heterocycles. The molecule has 0 aliphatic carbocycles. The topological polar surface area (TPSA) is 98.4 Å². The molecule has 1 aromatic rings. The van der Waals surface area contributed by atoms with Gasteiger partial charge in [0.05, 0.1) is 26.5 Å². The summed E-state index contributed by atoms with van der Waals surface area (Å²) in [5.41, 5.74) is 8.52. The lowest BCUT2D eigenvalue weighted by atomic mass is 10.2. The number of carbonyl (C=O) groups excluding carboxylic acids is 1. The summed E-state index contributed by atoms with van der Waals surface area (Å²) in [5, 5.41) is 3.95. The zero-order valence-electron chi connectivity index (χ0n) is 13.4. The number of ether oxygens (including phenoxy) is 3. The lowest BCUT2D eigenvalue weighted by molar-refractivity contribution is -0.137. The van der Waals surface area contributed by atoms with Crippen LogP contribution < -0.4 is 20.6 Å². The SMILES string of the molecule is COc1cc(/C=N/NC(N)=S)ccc1OCC(=O)N1CCOCC1. The fraction of sp³-hybridized carbons (Fsp3) is 0.400. The van der Waals surface area contributed by atoms with Crippen molar-refractivity contribution in [2.45, 2.75) is 0 Å². The fourth-order valence-electron chi connectivity index (χ4n) is 2.10. The van der Waals surface area contributed by atoms with Crippen molar-refractivity contribution >= 4 is 29.5 Å². The first-order chi connectivity index (χ1) is 11.6. The van der Waals surface area contributed by atoms with Crippen LogP contribution in [0.2, 0.25) is 0 Å². The van der Waals surface area contributed by atoms with Gasteiger partial charge in [0.2, 0.25) is 0 Å². The molecule has 24 heavy (non-hydrogen) atoms. The molecular weight excluding hydrogens is 332 g/mol. The van der Waals surface area contributed by atoms with Crippen LogP contribution in [0.3, 0.4) is 0 Å². The molecule has 2 rings (SSSR count). The summed E-state index contributed by atoms with van der Waals surface area (Å²) in [6.45, 7) is 2.25. The quantitative estimate of drug-likeness (QED) is 0.426. The van der Waals surface area contributed by atoms with Gasteiger partial charge in [0.25, 0.3) is 5.91 Å². The molecule has 9 heteroatoms. The second-order valence-electron chi connectivity index (χ2n) is 4.93. The van der Waals surface area contributed by atoms with Gasteiger partial charge in [-0.25, -0.2) is 0 Å². The Labute approximate surface area is 145 Å². The third kappa shape index (κ3) is 5.36. The van der Waals surface area contributed by atoms with E-state index in [1.165, 1.54) is 7.11 Å². The first-order valence-corrected chi connectivity index (χ1v) is 7.76. The molecule has 0 saturated carbocycles. The van der Waals surface area contributed by atoms with Crippen molar-refractivity contribution in [2.24, 2.45) is 10.8 Å². The Morgan fingerprint density at radius 2 is 2.21 bits per heavy atom. The zero-order chi connectivity index (χ0) is 17.4. The third-order valence-electron chi connectivity index (χ3n) is 3.29. The molecule has 3 N–H and O–H groups in total. The monoisotopic (exact) mass is 352 g/mol. The van der Waals surface area contributed by atoms with Gasteiger partial charge in [-0.1, -0.05) is 0 Å². The van der Waals surface area contributed by atoms with Gasteiger partial charge in [0.15, 0.2) is 23.2 Å². The smallest absolute Gasteiger partial charge is 0.260 e. The molecule has 1 fully saturated rings. The molecule has 0 unspecified atom stereocenters. The summed E-state index contributed by atoms with van der Waals surface area (Å²) in [5.74, 6) is 0.911. The number of morpholine rings is 1. The van der Waals surface area contributed by atoms with E-state index < -0.39 is 0 Å². The van der Waals surface area contributed by atoms with E-state index in [4.69, 9.17) is 19.9 Å². The van der Waals surface area contributed by atoms with Crippen molar-refractivity contribution in [1.29, 1.82) is 0 Å². The first kappa shape index (κ1) is 18.0. The van der Waals surface area contributed by atoms with Crippen molar-refractivity contribution in [3.8, 4) is 11.5 Å². The Morgan fingerprint density at radius 1 is 1.46 bits per heavy atom. The summed E-state index contributed by atoms with van der Waals surface area (Å²) in [6, 6.07) is 5.23. The normalized spacial score (nSPS) is 14.5. The molecular formula is C15H20N4O4S. The van der Waals surface area contributed by atoms with Crippen molar-refractivity contribution in [3.63, 3.8) is 0 Å². The summed E-state index contributed by atoms with van der Waals surface area (Å²) in [6.07, 6.45) is 1.55. The molecule has 1 aliphatic rings. The second kappa shape index (κ2) is 9.04. The number of thiocarbonyl (C=S) groups is 1. The van der Waals surface area contributed by atoms with Crippen molar-refractivity contribution in [2.75, 3.05) is 40.0 Å². The van der Waals surface area contributed by atoms with E-state index in [1.807, 2.05) is 0 Å². The average molecular weight is 352 g/mol. The van der Waals surface area contributed by atoms with Gasteiger partial charge in [-0.2, -0.15) is 5.10 Å². The van der Waals surface area contributed by atoms with Crippen LogP contribution in [0.1, 0.15) is 5.56 Å². The van der Waals surface area contributed by atoms with Crippen molar-refractivity contribution in [1.82, 2.24) is 10.3 Å². The van der Waals surface area contributed by atoms with Crippen molar-refractivity contribution < 1.29 is 19.0 Å². The minimum atomic E-state index is -0.0772. The number of amides is 1. The highest BCUT2D eigenvalue weighted by molar-refractivity contribution is 7.80. The Balaban J connectivity index is 1.95. The number of nitrogens with one attached hydrogen (secondary N) is 1. The molecule has 0 radical (unpaired) electrons. The van der Waals surface area contributed by atoms with Crippen LogP contribution in [0.4, 0.5) is 0 Å². The fourth-order valence-corrected chi connectivity index (χ4v) is 2.15. The number of hydrogen-bond acceptors (Lipinski definition) is 6. The third-order valence-corrected chi connectivity index (χ3v) is 3.38. The number of carbonyl (C=O) groups is 1. The standard InChI is InChI=1S/C15H20N4O4S/c1-21-13-8-11(9-17-18-15(16)24)2-3-12(13)23-10-14(20)19-4-6-22-7-5-19/h2-3,8-9H,4-7,10H2,1H3,(H3,16,18,24)/b17-9+. The van der Waals surface area contributed by atoms with Crippen LogP contribution in [0.15, 0.2) is 23.3 Å². The number of nitrogens with zero attached hydrogens (tertiary/aromatic N) is 2. The number of benzene rings is 1. The van der Waals surface area contributed by atoms with E-state index in [-0.39, 0.29) is 17.6 Å². The molecule has 130 valence electrons. The summed E-state index contributed by atoms with van der Waals surface area (Å²) in [7, 11) is 1.53. The van der Waals surface area contributed by atoms with Crippen LogP contribution in [-0.2, 0) is 9.53 Å². The van der Waals surface area contributed by atoms with Gasteiger partial charge in [-0.05, 0) is 36.0 Å². The molecule has 0 spiro atoms. The molecule has 0 bridgehead atoms. The molecule has 1 aromatic carbocycles. The lowest BCUT2D eigenvalue weighted by Crippen LogP contribution is -2.43. The van der Waals surface area contributed by atoms with E-state index in [9.17, 15) is 4.79 Å². The zero-order valence-corrected chi connectivity index (χ0v) is 14.2. The summed E-state index contributed by atoms with van der Waals surface area (Å²) < 4.78 is 16.1. The molecule has 1 saturated heterocycles. The van der Waals surface area contributed by atoms with Gasteiger partial charge in [-0.3, -0.25) is 10.2 Å². The lowest BCUT2D eigenvalue weighted by Gasteiger charge is -2.26. The molecule has 0 atom stereocenters. The number of methoxy groups -OCH3 is 1. The average Bonchev–Trinajstić information content (AvgIpc) is 2.60. The number of hydrazone groups is 1.